The van der Waals surface area contributed by atoms with Crippen LogP contribution in [0.1, 0.15) is 12.8 Å². The zero-order valence-electron chi connectivity index (χ0n) is 6.37. The Morgan fingerprint density at radius 2 is 2.42 bits per heavy atom. The van der Waals surface area contributed by atoms with Crippen LogP contribution in [-0.4, -0.2) is 11.5 Å². The Hall–Kier alpha value is -1.69. The lowest BCUT2D eigenvalue weighted by Crippen LogP contribution is -2.18. The number of nitrogens with zero attached hydrogens (tertiary/aromatic N) is 2. The molecule has 3 nitrogen and oxygen atoms in total. The summed E-state index contributed by atoms with van der Waals surface area (Å²) in [7, 11) is 0. The van der Waals surface area contributed by atoms with Crippen LogP contribution in [-0.2, 0) is 4.79 Å². The smallest absolute Gasteiger partial charge is 0.182 e. The molecule has 0 saturated heterocycles. The number of carbonyl (C=O) groups excluding carboxylic acids is 1. The molecule has 1 aliphatic heterocycles. The third-order valence-corrected chi connectivity index (χ3v) is 1.97. The predicted octanol–water partition coefficient (Wildman–Crippen LogP) is 1.14. The molecule has 0 radical (unpaired) electrons. The molecule has 0 aromatic heterocycles. The van der Waals surface area contributed by atoms with Gasteiger partial charge in [-0.3, -0.25) is 9.79 Å². The minimum Gasteiger partial charge on any atom is -0.292 e. The maximum Gasteiger partial charge on any atom is 0.182 e. The first kappa shape index (κ1) is 6.99. The summed E-state index contributed by atoms with van der Waals surface area (Å²) in [5, 5.41) is 8.65. The van der Waals surface area contributed by atoms with Crippen molar-refractivity contribution in [2.75, 3.05) is 0 Å². The van der Waals surface area contributed by atoms with Gasteiger partial charge in [0.1, 0.15) is 11.8 Å². The number of rotatable bonds is 0. The van der Waals surface area contributed by atoms with E-state index in [2.05, 4.69) is 4.99 Å². The molecule has 2 rings (SSSR count). The van der Waals surface area contributed by atoms with Crippen molar-refractivity contribution in [1.82, 2.24) is 0 Å². The third-order valence-electron chi connectivity index (χ3n) is 1.97. The lowest BCUT2D eigenvalue weighted by molar-refractivity contribution is -0.112. The molecule has 0 spiro atoms. The minimum absolute atomic E-state index is 0.0500. The summed E-state index contributed by atoms with van der Waals surface area (Å²) in [6.07, 6.45) is 4.62. The molecule has 0 amide bonds. The monoisotopic (exact) mass is 158 g/mol. The van der Waals surface area contributed by atoms with E-state index < -0.39 is 0 Å². The lowest BCUT2D eigenvalue weighted by atomic mass is 9.93. The van der Waals surface area contributed by atoms with E-state index in [1.54, 1.807) is 0 Å². The molecule has 1 heterocycles. The largest absolute Gasteiger partial charge is 0.292 e. The van der Waals surface area contributed by atoms with Gasteiger partial charge in [-0.1, -0.05) is 6.08 Å². The highest BCUT2D eigenvalue weighted by Crippen LogP contribution is 2.24. The molecule has 58 valence electrons. The van der Waals surface area contributed by atoms with Crippen LogP contribution in [0, 0.1) is 11.3 Å². The summed E-state index contributed by atoms with van der Waals surface area (Å²) in [5.41, 5.74) is 1.71. The average Bonchev–Trinajstić information content (AvgIpc) is 2.49. The molecular weight excluding hydrogens is 152 g/mol. The number of aliphatic imine (C=N–C) groups is 1. The summed E-state index contributed by atoms with van der Waals surface area (Å²) >= 11 is 0. The molecule has 1 aliphatic carbocycles. The zero-order valence-corrected chi connectivity index (χ0v) is 6.37. The van der Waals surface area contributed by atoms with Crippen LogP contribution in [0.2, 0.25) is 0 Å². The van der Waals surface area contributed by atoms with Crippen molar-refractivity contribution < 1.29 is 4.79 Å². The molecule has 0 fully saturated rings. The Morgan fingerprint density at radius 1 is 1.58 bits per heavy atom. The van der Waals surface area contributed by atoms with Crippen molar-refractivity contribution in [3.8, 4) is 6.07 Å². The molecule has 12 heavy (non-hydrogen) atoms. The van der Waals surface area contributed by atoms with Crippen molar-refractivity contribution in [1.29, 1.82) is 5.26 Å². The first-order valence-corrected chi connectivity index (χ1v) is 3.75. The summed E-state index contributed by atoms with van der Waals surface area (Å²) in [4.78, 5) is 15.1. The second-order valence-electron chi connectivity index (χ2n) is 2.71. The van der Waals surface area contributed by atoms with E-state index in [1.807, 2.05) is 12.1 Å². The van der Waals surface area contributed by atoms with Crippen LogP contribution in [0.3, 0.4) is 0 Å². The predicted molar refractivity (Wildman–Crippen MR) is 43.5 cm³/mol. The number of ketones is 1. The van der Waals surface area contributed by atoms with Crippen LogP contribution in [0.15, 0.2) is 28.4 Å². The van der Waals surface area contributed by atoms with Crippen molar-refractivity contribution in [2.45, 2.75) is 12.8 Å². The Bertz CT molecular complexity index is 380. The molecule has 0 unspecified atom stereocenters. The molecule has 0 aromatic carbocycles. The highest BCUT2D eigenvalue weighted by molar-refractivity contribution is 6.48. The maximum absolute atomic E-state index is 11.2. The van der Waals surface area contributed by atoms with Crippen molar-refractivity contribution >= 4 is 11.5 Å². The van der Waals surface area contributed by atoms with E-state index in [1.165, 1.54) is 6.20 Å². The van der Waals surface area contributed by atoms with Crippen molar-refractivity contribution in [2.24, 2.45) is 4.99 Å². The van der Waals surface area contributed by atoms with Crippen LogP contribution < -0.4 is 0 Å². The second-order valence-corrected chi connectivity index (χ2v) is 2.71. The third kappa shape index (κ3) is 0.817. The first-order chi connectivity index (χ1) is 5.83. The van der Waals surface area contributed by atoms with Gasteiger partial charge in [-0.25, -0.2) is 0 Å². The standard InChI is InChI=1S/C9H6N2O/c10-4-6-5-11-9-7(6)2-1-3-8(9)12/h2,5H,1,3H2. The summed E-state index contributed by atoms with van der Waals surface area (Å²) in [6.45, 7) is 0. The number of allylic oxidation sites excluding steroid dienone is 3. The van der Waals surface area contributed by atoms with E-state index >= 15 is 0 Å². The summed E-state index contributed by atoms with van der Waals surface area (Å²) < 4.78 is 0. The van der Waals surface area contributed by atoms with E-state index in [0.29, 0.717) is 17.7 Å². The maximum atomic E-state index is 11.2. The zero-order chi connectivity index (χ0) is 8.55. The van der Waals surface area contributed by atoms with Gasteiger partial charge in [0, 0.05) is 18.2 Å². The second kappa shape index (κ2) is 2.42. The fourth-order valence-corrected chi connectivity index (χ4v) is 1.38. The van der Waals surface area contributed by atoms with Crippen LogP contribution in [0.5, 0.6) is 0 Å². The number of nitriles is 1. The molecule has 3 heteroatoms. The van der Waals surface area contributed by atoms with Gasteiger partial charge < -0.3 is 0 Å². The van der Waals surface area contributed by atoms with Gasteiger partial charge in [0.15, 0.2) is 5.78 Å². The molecule has 0 aromatic rings. The molecule has 0 bridgehead atoms. The topological polar surface area (TPSA) is 53.2 Å². The quantitative estimate of drug-likeness (QED) is 0.530. The highest BCUT2D eigenvalue weighted by Gasteiger charge is 2.25. The molecule has 0 N–H and O–H groups in total. The number of hydrogen-bond donors (Lipinski definition) is 0. The lowest BCUT2D eigenvalue weighted by Gasteiger charge is -2.08. The number of fused-ring (bicyclic) bond motifs is 1. The van der Waals surface area contributed by atoms with Crippen LogP contribution >= 0.6 is 0 Å². The summed E-state index contributed by atoms with van der Waals surface area (Å²) in [6, 6.07) is 2.01. The Kier molecular flexibility index (Phi) is 1.41. The molecule has 0 saturated carbocycles. The van der Waals surface area contributed by atoms with Crippen molar-refractivity contribution in [3.05, 3.63) is 23.4 Å². The van der Waals surface area contributed by atoms with Gasteiger partial charge in [-0.15, -0.1) is 0 Å². The normalized spacial score (nSPS) is 20.6. The first-order valence-electron chi connectivity index (χ1n) is 3.75. The number of hydrogen-bond acceptors (Lipinski definition) is 3. The Morgan fingerprint density at radius 3 is 3.17 bits per heavy atom. The average molecular weight is 158 g/mol. The van der Waals surface area contributed by atoms with Crippen molar-refractivity contribution in [3.63, 3.8) is 0 Å². The van der Waals surface area contributed by atoms with Gasteiger partial charge >= 0.3 is 0 Å². The van der Waals surface area contributed by atoms with Gasteiger partial charge in [0.2, 0.25) is 0 Å². The van der Waals surface area contributed by atoms with Gasteiger partial charge in [0.05, 0.1) is 5.57 Å². The minimum atomic E-state index is 0.0500. The highest BCUT2D eigenvalue weighted by atomic mass is 16.1. The van der Waals surface area contributed by atoms with E-state index in [-0.39, 0.29) is 5.78 Å². The fraction of sp³-hybridized carbons (Fsp3) is 0.222. The van der Waals surface area contributed by atoms with Crippen LogP contribution in [0.25, 0.3) is 0 Å². The van der Waals surface area contributed by atoms with E-state index in [0.717, 1.165) is 12.0 Å². The van der Waals surface area contributed by atoms with Gasteiger partial charge in [-0.05, 0) is 6.42 Å². The molecular formula is C9H6N2O. The number of Topliss-reactive ketones (excluding diaryl/α,β-unsaturated/α-hetero) is 1. The molecule has 0 atom stereocenters. The number of carbonyl (C=O) groups is 1. The van der Waals surface area contributed by atoms with Gasteiger partial charge in [-0.2, -0.15) is 5.26 Å². The van der Waals surface area contributed by atoms with E-state index in [9.17, 15) is 4.79 Å². The Balaban J connectivity index is 2.46. The SMILES string of the molecule is N#CC1=CN=C2C(=O)CCC=C12. The van der Waals surface area contributed by atoms with Crippen LogP contribution in [0.4, 0.5) is 0 Å². The fourth-order valence-electron chi connectivity index (χ4n) is 1.38. The Labute approximate surface area is 69.7 Å². The molecule has 2 aliphatic rings. The van der Waals surface area contributed by atoms with Gasteiger partial charge in [0.25, 0.3) is 0 Å². The summed E-state index contributed by atoms with van der Waals surface area (Å²) in [5.74, 6) is 0.0500. The van der Waals surface area contributed by atoms with E-state index in [4.69, 9.17) is 5.26 Å².